The fourth-order valence-electron chi connectivity index (χ4n) is 4.87. The molecule has 1 aliphatic heterocycles. The second-order valence-electron chi connectivity index (χ2n) is 9.07. The van der Waals surface area contributed by atoms with E-state index in [0.29, 0.717) is 27.9 Å². The topological polar surface area (TPSA) is 90.5 Å². The maximum atomic E-state index is 13.8. The average molecular weight is 552 g/mol. The molecule has 0 spiro atoms. The fraction of sp³-hybridized carbons (Fsp3) is 0.103. The first kappa shape index (κ1) is 26.1. The number of para-hydroxylation sites is 1. The number of hydrogen-bond acceptors (Lipinski definition) is 3. The Bertz CT molecular complexity index is 1610. The molecule has 1 unspecified atom stereocenters. The largest absolute Gasteiger partial charge is 0.508 e. The van der Waals surface area contributed by atoms with Gasteiger partial charge in [0.05, 0.1) is 16.3 Å². The van der Waals surface area contributed by atoms with E-state index in [-0.39, 0.29) is 23.0 Å². The van der Waals surface area contributed by atoms with E-state index in [4.69, 9.17) is 11.6 Å². The van der Waals surface area contributed by atoms with Gasteiger partial charge in [-0.05, 0) is 48.4 Å². The molecule has 1 aliphatic rings. The van der Waals surface area contributed by atoms with Gasteiger partial charge in [0.25, 0.3) is 0 Å². The first-order valence-electron chi connectivity index (χ1n) is 11.8. The summed E-state index contributed by atoms with van der Waals surface area (Å²) >= 11 is 5.69. The van der Waals surface area contributed by atoms with Crippen molar-refractivity contribution in [2.24, 2.45) is 0 Å². The van der Waals surface area contributed by atoms with Crippen LogP contribution < -0.4 is 16.0 Å². The summed E-state index contributed by atoms with van der Waals surface area (Å²) in [4.78, 5) is 26.9. The van der Waals surface area contributed by atoms with Crippen molar-refractivity contribution in [2.45, 2.75) is 18.5 Å². The number of amides is 3. The van der Waals surface area contributed by atoms with E-state index in [0.717, 1.165) is 12.1 Å². The van der Waals surface area contributed by atoms with Crippen molar-refractivity contribution in [3.8, 4) is 5.75 Å². The Balaban J connectivity index is 1.62. The Labute approximate surface area is 226 Å². The smallest absolute Gasteiger partial charge is 0.417 e. The molecular weight excluding hydrogens is 531 g/mol. The molecule has 1 heterocycles. The highest BCUT2D eigenvalue weighted by Crippen LogP contribution is 2.50. The normalized spacial score (nSPS) is 16.4. The third kappa shape index (κ3) is 4.55. The molecular formula is C29H21ClF3N3O3. The lowest BCUT2D eigenvalue weighted by Crippen LogP contribution is -2.38. The van der Waals surface area contributed by atoms with Crippen LogP contribution in [0.1, 0.15) is 27.8 Å². The molecule has 0 saturated heterocycles. The van der Waals surface area contributed by atoms with Crippen LogP contribution in [0.15, 0.2) is 84.9 Å². The summed E-state index contributed by atoms with van der Waals surface area (Å²) in [6.45, 7) is 1.66. The molecule has 6 nitrogen and oxygen atoms in total. The number of nitrogens with one attached hydrogen (secondary N) is 3. The molecule has 4 N–H and O–H groups in total. The number of phenols is 1. The van der Waals surface area contributed by atoms with E-state index in [1.54, 1.807) is 61.5 Å². The van der Waals surface area contributed by atoms with E-state index in [2.05, 4.69) is 16.0 Å². The Morgan fingerprint density at radius 3 is 2.33 bits per heavy atom. The molecule has 4 aromatic rings. The van der Waals surface area contributed by atoms with Crippen LogP contribution in [0.25, 0.3) is 0 Å². The molecule has 3 amide bonds. The van der Waals surface area contributed by atoms with Crippen LogP contribution in [-0.2, 0) is 16.4 Å². The molecule has 0 fully saturated rings. The first-order chi connectivity index (χ1) is 18.5. The lowest BCUT2D eigenvalue weighted by Gasteiger charge is -2.31. The van der Waals surface area contributed by atoms with Gasteiger partial charge < -0.3 is 21.1 Å². The van der Waals surface area contributed by atoms with Crippen LogP contribution in [0.5, 0.6) is 5.75 Å². The third-order valence-electron chi connectivity index (χ3n) is 6.64. The standard InChI is InChI=1S/C29H21ClF3N3O3/c1-16-13-21(28(17-7-3-2-4-8-17)19-9-5-6-10-23(19)35-26(28)38)24(15-25(16)37)36-27(39)34-18-11-12-22(30)20(14-18)29(31,32)33/h2-15,37H,1H3,(H,35,38)(H2,34,36,39). The number of aromatic hydroxyl groups is 1. The number of hydrogen-bond donors (Lipinski definition) is 4. The minimum Gasteiger partial charge on any atom is -0.508 e. The van der Waals surface area contributed by atoms with Crippen molar-refractivity contribution in [1.82, 2.24) is 0 Å². The van der Waals surface area contributed by atoms with Crippen molar-refractivity contribution in [1.29, 1.82) is 0 Å². The first-order valence-corrected chi connectivity index (χ1v) is 12.1. The summed E-state index contributed by atoms with van der Waals surface area (Å²) in [5.41, 5.74) is 0.120. The number of aryl methyl sites for hydroxylation is 1. The van der Waals surface area contributed by atoms with Crippen molar-refractivity contribution in [3.63, 3.8) is 0 Å². The van der Waals surface area contributed by atoms with Gasteiger partial charge in [-0.25, -0.2) is 4.79 Å². The van der Waals surface area contributed by atoms with Gasteiger partial charge in [-0.2, -0.15) is 13.2 Å². The Hall–Kier alpha value is -4.50. The monoisotopic (exact) mass is 551 g/mol. The second kappa shape index (κ2) is 9.67. The molecule has 5 rings (SSSR count). The predicted molar refractivity (Wildman–Crippen MR) is 143 cm³/mol. The van der Waals surface area contributed by atoms with Crippen LogP contribution in [0.3, 0.4) is 0 Å². The lowest BCUT2D eigenvalue weighted by atomic mass is 9.69. The van der Waals surface area contributed by atoms with Crippen LogP contribution in [0.4, 0.5) is 35.0 Å². The molecule has 10 heteroatoms. The van der Waals surface area contributed by atoms with Crippen molar-refractivity contribution < 1.29 is 27.9 Å². The van der Waals surface area contributed by atoms with Gasteiger partial charge in [0.1, 0.15) is 11.2 Å². The molecule has 0 saturated carbocycles. The number of phenolic OH excluding ortho intramolecular Hbond substituents is 1. The van der Waals surface area contributed by atoms with Gasteiger partial charge >= 0.3 is 12.2 Å². The zero-order valence-corrected chi connectivity index (χ0v) is 21.1. The highest BCUT2D eigenvalue weighted by Gasteiger charge is 2.51. The van der Waals surface area contributed by atoms with E-state index >= 15 is 0 Å². The molecule has 39 heavy (non-hydrogen) atoms. The zero-order valence-electron chi connectivity index (χ0n) is 20.4. The maximum absolute atomic E-state index is 13.8. The van der Waals surface area contributed by atoms with Gasteiger partial charge in [0.15, 0.2) is 0 Å². The van der Waals surface area contributed by atoms with Crippen molar-refractivity contribution in [3.05, 3.63) is 118 Å². The van der Waals surface area contributed by atoms with Gasteiger partial charge in [-0.15, -0.1) is 0 Å². The van der Waals surface area contributed by atoms with Gasteiger partial charge in [0, 0.05) is 28.6 Å². The molecule has 0 bridgehead atoms. The summed E-state index contributed by atoms with van der Waals surface area (Å²) in [5, 5.41) is 17.9. The summed E-state index contributed by atoms with van der Waals surface area (Å²) in [6, 6.07) is 21.2. The highest BCUT2D eigenvalue weighted by molar-refractivity contribution is 6.31. The molecule has 0 aliphatic carbocycles. The average Bonchev–Trinajstić information content (AvgIpc) is 3.19. The molecule has 4 aromatic carbocycles. The molecule has 1 atom stereocenters. The third-order valence-corrected chi connectivity index (χ3v) is 6.97. The quantitative estimate of drug-likeness (QED) is 0.214. The van der Waals surface area contributed by atoms with Crippen molar-refractivity contribution >= 4 is 40.6 Å². The van der Waals surface area contributed by atoms with E-state index < -0.39 is 28.2 Å². The Morgan fingerprint density at radius 2 is 1.62 bits per heavy atom. The summed E-state index contributed by atoms with van der Waals surface area (Å²) < 4.78 is 39.9. The number of carbonyl (C=O) groups is 2. The van der Waals surface area contributed by atoms with Gasteiger partial charge in [-0.1, -0.05) is 60.1 Å². The van der Waals surface area contributed by atoms with E-state index in [1.165, 1.54) is 12.1 Å². The number of anilines is 3. The van der Waals surface area contributed by atoms with Crippen LogP contribution in [0.2, 0.25) is 5.02 Å². The van der Waals surface area contributed by atoms with Crippen molar-refractivity contribution in [2.75, 3.05) is 16.0 Å². The van der Waals surface area contributed by atoms with Gasteiger partial charge in [-0.3, -0.25) is 4.79 Å². The SMILES string of the molecule is Cc1cc(C2(c3ccccc3)C(=O)Nc3ccccc32)c(NC(=O)Nc2ccc(Cl)c(C(F)(F)F)c2)cc1O. The number of carbonyl (C=O) groups excluding carboxylic acids is 2. The number of rotatable bonds is 4. The minimum absolute atomic E-state index is 0.0938. The number of benzene rings is 4. The maximum Gasteiger partial charge on any atom is 0.417 e. The van der Waals surface area contributed by atoms with Crippen LogP contribution in [-0.4, -0.2) is 17.0 Å². The second-order valence-corrected chi connectivity index (χ2v) is 9.48. The van der Waals surface area contributed by atoms with Crippen LogP contribution >= 0.6 is 11.6 Å². The lowest BCUT2D eigenvalue weighted by molar-refractivity contribution is -0.137. The zero-order chi connectivity index (χ0) is 27.9. The predicted octanol–water partition coefficient (Wildman–Crippen LogP) is 7.30. The summed E-state index contributed by atoms with van der Waals surface area (Å²) in [7, 11) is 0. The Kier molecular flexibility index (Phi) is 6.47. The Morgan fingerprint density at radius 1 is 0.923 bits per heavy atom. The van der Waals surface area contributed by atoms with Crippen LogP contribution in [0, 0.1) is 6.92 Å². The highest BCUT2D eigenvalue weighted by atomic mass is 35.5. The van der Waals surface area contributed by atoms with E-state index in [9.17, 15) is 27.9 Å². The van der Waals surface area contributed by atoms with Gasteiger partial charge in [0.2, 0.25) is 5.91 Å². The molecule has 0 radical (unpaired) electrons. The summed E-state index contributed by atoms with van der Waals surface area (Å²) in [5.74, 6) is -0.509. The minimum atomic E-state index is -4.72. The number of halogens is 4. The van der Waals surface area contributed by atoms with E-state index in [1.807, 2.05) is 6.07 Å². The number of fused-ring (bicyclic) bond motifs is 1. The fourth-order valence-corrected chi connectivity index (χ4v) is 5.09. The summed E-state index contributed by atoms with van der Waals surface area (Å²) in [6.07, 6.45) is -4.72. The molecule has 198 valence electrons. The number of urea groups is 1. The molecule has 0 aromatic heterocycles. The number of alkyl halides is 3.